The van der Waals surface area contributed by atoms with E-state index in [0.29, 0.717) is 23.1 Å². The highest BCUT2D eigenvalue weighted by atomic mass is 127. The lowest BCUT2D eigenvalue weighted by molar-refractivity contribution is -0.120. The van der Waals surface area contributed by atoms with Crippen molar-refractivity contribution < 1.29 is 14.3 Å². The number of hydrogen-bond acceptors (Lipinski definition) is 6. The Balaban J connectivity index is 0.00000420. The zero-order chi connectivity index (χ0) is 20.5. The minimum absolute atomic E-state index is 0. The number of carbonyl (C=O) groups excluding carboxylic acids is 2. The first-order chi connectivity index (χ1) is 13.4. The van der Waals surface area contributed by atoms with E-state index in [1.807, 2.05) is 6.92 Å². The third-order valence-electron chi connectivity index (χ3n) is 4.61. The molecule has 1 aliphatic carbocycles. The van der Waals surface area contributed by atoms with Gasteiger partial charge in [0.15, 0.2) is 5.96 Å². The average Bonchev–Trinajstić information content (AvgIpc) is 3.08. The summed E-state index contributed by atoms with van der Waals surface area (Å²) >= 11 is 1.31. The van der Waals surface area contributed by atoms with Gasteiger partial charge in [0, 0.05) is 13.1 Å². The Morgan fingerprint density at radius 1 is 1.31 bits per heavy atom. The Morgan fingerprint density at radius 3 is 2.62 bits per heavy atom. The monoisotopic (exact) mass is 537 g/mol. The van der Waals surface area contributed by atoms with Crippen molar-refractivity contribution in [2.75, 3.05) is 20.2 Å². The quantitative estimate of drug-likeness (QED) is 0.214. The van der Waals surface area contributed by atoms with Gasteiger partial charge in [-0.15, -0.1) is 35.3 Å². The Bertz CT molecular complexity index is 704. The smallest absolute Gasteiger partial charge is 0.350 e. The van der Waals surface area contributed by atoms with Crippen LogP contribution in [0, 0.1) is 6.92 Å². The zero-order valence-electron chi connectivity index (χ0n) is 17.5. The van der Waals surface area contributed by atoms with Gasteiger partial charge in [0.1, 0.15) is 9.88 Å². The second kappa shape index (κ2) is 13.0. The van der Waals surface area contributed by atoms with Crippen LogP contribution in [0.5, 0.6) is 0 Å². The van der Waals surface area contributed by atoms with Gasteiger partial charge in [-0.2, -0.15) is 0 Å². The van der Waals surface area contributed by atoms with Crippen molar-refractivity contribution in [2.45, 2.75) is 65.0 Å². The Morgan fingerprint density at radius 2 is 2.00 bits per heavy atom. The summed E-state index contributed by atoms with van der Waals surface area (Å²) in [6.45, 7) is 6.00. The molecule has 1 aromatic rings. The van der Waals surface area contributed by atoms with Gasteiger partial charge < -0.3 is 20.7 Å². The number of nitrogens with one attached hydrogen (secondary N) is 3. The number of amides is 1. The van der Waals surface area contributed by atoms with Crippen LogP contribution in [0.15, 0.2) is 4.99 Å². The summed E-state index contributed by atoms with van der Waals surface area (Å²) in [5.41, 5.74) is 0.655. The summed E-state index contributed by atoms with van der Waals surface area (Å²) in [5, 5.41) is 10.1. The molecule has 0 bridgehead atoms. The van der Waals surface area contributed by atoms with Gasteiger partial charge >= 0.3 is 5.97 Å². The van der Waals surface area contributed by atoms with E-state index < -0.39 is 0 Å². The molecule has 0 saturated heterocycles. The maximum absolute atomic E-state index is 12.2. The van der Waals surface area contributed by atoms with E-state index in [9.17, 15) is 9.59 Å². The first-order valence-corrected chi connectivity index (χ1v) is 10.7. The van der Waals surface area contributed by atoms with Crippen molar-refractivity contribution in [3.8, 4) is 0 Å². The number of aliphatic imine (C=N–C) groups is 1. The van der Waals surface area contributed by atoms with E-state index in [0.717, 1.165) is 17.8 Å². The van der Waals surface area contributed by atoms with Crippen LogP contribution in [-0.2, 0) is 9.53 Å². The molecule has 1 unspecified atom stereocenters. The predicted molar refractivity (Wildman–Crippen MR) is 126 cm³/mol. The standard InChI is InChI=1S/C19H31N5O3S.HI/c1-5-27-18(26)16-12(2)22-17(28-16)13(3)23-19(20-4)21-11-15(25)24-14-9-7-6-8-10-14;/h13-14H,5-11H2,1-4H3,(H,24,25)(H2,20,21,23);1H. The van der Waals surface area contributed by atoms with Crippen molar-refractivity contribution in [3.63, 3.8) is 0 Å². The molecule has 0 aliphatic heterocycles. The molecular formula is C19H32IN5O3S. The zero-order valence-corrected chi connectivity index (χ0v) is 20.7. The molecule has 10 heteroatoms. The molecule has 1 atom stereocenters. The number of aromatic nitrogens is 1. The van der Waals surface area contributed by atoms with E-state index in [1.165, 1.54) is 30.6 Å². The van der Waals surface area contributed by atoms with Gasteiger partial charge in [-0.25, -0.2) is 9.78 Å². The van der Waals surface area contributed by atoms with Gasteiger partial charge in [0.25, 0.3) is 0 Å². The minimum Gasteiger partial charge on any atom is -0.462 e. The van der Waals surface area contributed by atoms with Gasteiger partial charge in [-0.05, 0) is 33.6 Å². The fraction of sp³-hybridized carbons (Fsp3) is 0.684. The van der Waals surface area contributed by atoms with Crippen molar-refractivity contribution in [2.24, 2.45) is 4.99 Å². The highest BCUT2D eigenvalue weighted by Gasteiger charge is 2.20. The number of guanidine groups is 1. The lowest BCUT2D eigenvalue weighted by Crippen LogP contribution is -2.46. The number of nitrogens with zero attached hydrogens (tertiary/aromatic N) is 2. The molecule has 0 spiro atoms. The molecule has 0 aromatic carbocycles. The number of aryl methyl sites for hydroxylation is 1. The topological polar surface area (TPSA) is 105 Å². The number of thiazole rings is 1. The van der Waals surface area contributed by atoms with Crippen LogP contribution in [0.2, 0.25) is 0 Å². The lowest BCUT2D eigenvalue weighted by atomic mass is 9.95. The van der Waals surface area contributed by atoms with Gasteiger partial charge in [-0.3, -0.25) is 9.79 Å². The van der Waals surface area contributed by atoms with Crippen LogP contribution in [0.1, 0.15) is 72.4 Å². The number of ether oxygens (including phenoxy) is 1. The molecule has 1 fully saturated rings. The second-order valence-corrected chi connectivity index (χ2v) is 7.91. The summed E-state index contributed by atoms with van der Waals surface area (Å²) in [6, 6.07) is 0.121. The SMILES string of the molecule is CCOC(=O)c1sc(C(C)NC(=NC)NCC(=O)NC2CCCCC2)nc1C.I. The third kappa shape index (κ3) is 8.07. The maximum atomic E-state index is 12.2. The highest BCUT2D eigenvalue weighted by molar-refractivity contribution is 14.0. The van der Waals surface area contributed by atoms with Crippen molar-refractivity contribution in [3.05, 3.63) is 15.6 Å². The number of rotatable bonds is 7. The van der Waals surface area contributed by atoms with Crippen molar-refractivity contribution >= 4 is 53.1 Å². The van der Waals surface area contributed by atoms with Crippen LogP contribution in [0.3, 0.4) is 0 Å². The molecule has 1 saturated carbocycles. The highest BCUT2D eigenvalue weighted by Crippen LogP contribution is 2.24. The summed E-state index contributed by atoms with van der Waals surface area (Å²) in [7, 11) is 1.65. The van der Waals surface area contributed by atoms with E-state index in [4.69, 9.17) is 4.74 Å². The third-order valence-corrected chi connectivity index (χ3v) is 5.93. The molecule has 1 heterocycles. The summed E-state index contributed by atoms with van der Waals surface area (Å²) < 4.78 is 5.06. The van der Waals surface area contributed by atoms with Crippen molar-refractivity contribution in [1.29, 1.82) is 0 Å². The molecule has 29 heavy (non-hydrogen) atoms. The Kier molecular flexibility index (Phi) is 11.5. The summed E-state index contributed by atoms with van der Waals surface area (Å²) in [5.74, 6) is 0.131. The second-order valence-electron chi connectivity index (χ2n) is 6.88. The lowest BCUT2D eigenvalue weighted by Gasteiger charge is -2.23. The fourth-order valence-corrected chi connectivity index (χ4v) is 4.10. The number of halogens is 1. The van der Waals surface area contributed by atoms with Crippen LogP contribution < -0.4 is 16.0 Å². The predicted octanol–water partition coefficient (Wildman–Crippen LogP) is 2.92. The van der Waals surface area contributed by atoms with E-state index >= 15 is 0 Å². The average molecular weight is 537 g/mol. The van der Waals surface area contributed by atoms with Gasteiger partial charge in [0.05, 0.1) is 24.9 Å². The largest absolute Gasteiger partial charge is 0.462 e. The van der Waals surface area contributed by atoms with E-state index in [2.05, 4.69) is 25.9 Å². The van der Waals surface area contributed by atoms with Crippen molar-refractivity contribution in [1.82, 2.24) is 20.9 Å². The molecule has 164 valence electrons. The first kappa shape index (κ1) is 25.6. The minimum atomic E-state index is -0.349. The summed E-state index contributed by atoms with van der Waals surface area (Å²) in [4.78, 5) is 33.3. The van der Waals surface area contributed by atoms with Gasteiger partial charge in [0.2, 0.25) is 5.91 Å². The molecule has 0 radical (unpaired) electrons. The number of carbonyl (C=O) groups is 2. The Labute approximate surface area is 193 Å². The molecule has 1 aliphatic rings. The molecule has 1 aromatic heterocycles. The summed E-state index contributed by atoms with van der Waals surface area (Å²) in [6.07, 6.45) is 5.73. The van der Waals surface area contributed by atoms with Crippen LogP contribution >= 0.6 is 35.3 Å². The normalized spacial score (nSPS) is 15.8. The first-order valence-electron chi connectivity index (χ1n) is 9.85. The molecule has 8 nitrogen and oxygen atoms in total. The fourth-order valence-electron chi connectivity index (χ4n) is 3.14. The molecular weight excluding hydrogens is 505 g/mol. The number of esters is 1. The van der Waals surface area contributed by atoms with Crippen LogP contribution in [0.25, 0.3) is 0 Å². The van der Waals surface area contributed by atoms with Gasteiger partial charge in [-0.1, -0.05) is 19.3 Å². The number of hydrogen-bond donors (Lipinski definition) is 3. The molecule has 1 amide bonds. The molecule has 2 rings (SSSR count). The van der Waals surface area contributed by atoms with E-state index in [-0.39, 0.29) is 54.5 Å². The van der Waals surface area contributed by atoms with Crippen LogP contribution in [-0.4, -0.2) is 49.1 Å². The Hall–Kier alpha value is -1.43. The van der Waals surface area contributed by atoms with Crippen LogP contribution in [0.4, 0.5) is 0 Å². The van der Waals surface area contributed by atoms with E-state index in [1.54, 1.807) is 20.9 Å². The maximum Gasteiger partial charge on any atom is 0.350 e. The molecule has 3 N–H and O–H groups in total.